The molecular weight excluding hydrogens is 276 g/mol. The van der Waals surface area contributed by atoms with E-state index in [1.807, 2.05) is 0 Å². The summed E-state index contributed by atoms with van der Waals surface area (Å²) in [5.74, 6) is -0.726. The fraction of sp³-hybridized carbons (Fsp3) is 0.188. The Morgan fingerprint density at radius 1 is 1.14 bits per heavy atom. The maximum atomic E-state index is 13.4. The van der Waals surface area contributed by atoms with E-state index in [1.54, 1.807) is 25.1 Å². The first-order chi connectivity index (χ1) is 10.1. The predicted molar refractivity (Wildman–Crippen MR) is 74.7 cm³/mol. The number of ether oxygens (including phenoxy) is 1. The van der Waals surface area contributed by atoms with Crippen LogP contribution in [0.1, 0.15) is 12.5 Å². The first kappa shape index (κ1) is 15.0. The summed E-state index contributed by atoms with van der Waals surface area (Å²) in [6.45, 7) is 1.66. The van der Waals surface area contributed by atoms with Gasteiger partial charge in [-0.05, 0) is 37.3 Å². The molecule has 5 heteroatoms. The van der Waals surface area contributed by atoms with Crippen LogP contribution in [0.25, 0.3) is 0 Å². The number of carbonyl (C=O) groups excluding carboxylic acids is 1. The minimum atomic E-state index is -0.762. The Morgan fingerprint density at radius 2 is 1.81 bits per heavy atom. The molecule has 0 aromatic heterocycles. The molecule has 0 saturated carbocycles. The molecule has 0 aliphatic rings. The molecule has 2 aromatic rings. The average Bonchev–Trinajstić information content (AvgIpc) is 2.48. The van der Waals surface area contributed by atoms with Crippen molar-refractivity contribution < 1.29 is 18.3 Å². The van der Waals surface area contributed by atoms with Crippen molar-refractivity contribution in [1.29, 1.82) is 0 Å². The zero-order chi connectivity index (χ0) is 15.2. The van der Waals surface area contributed by atoms with Gasteiger partial charge in [-0.25, -0.2) is 8.78 Å². The van der Waals surface area contributed by atoms with Gasteiger partial charge in [0.25, 0.3) is 5.91 Å². The Hall–Kier alpha value is -2.43. The van der Waals surface area contributed by atoms with Crippen molar-refractivity contribution in [3.8, 4) is 5.75 Å². The minimum Gasteiger partial charge on any atom is -0.481 e. The van der Waals surface area contributed by atoms with Gasteiger partial charge in [-0.1, -0.05) is 18.2 Å². The van der Waals surface area contributed by atoms with Crippen molar-refractivity contribution in [1.82, 2.24) is 5.32 Å². The largest absolute Gasteiger partial charge is 0.481 e. The SMILES string of the molecule is C[C@@H](Oc1ccc(F)cc1)C(=O)NCc1ccccc1F. The van der Waals surface area contributed by atoms with Crippen molar-refractivity contribution >= 4 is 5.91 Å². The highest BCUT2D eigenvalue weighted by atomic mass is 19.1. The molecule has 0 aliphatic carbocycles. The van der Waals surface area contributed by atoms with Crippen molar-refractivity contribution in [2.24, 2.45) is 0 Å². The molecule has 0 heterocycles. The Morgan fingerprint density at radius 3 is 2.48 bits per heavy atom. The van der Waals surface area contributed by atoms with Crippen LogP contribution in [-0.4, -0.2) is 12.0 Å². The smallest absolute Gasteiger partial charge is 0.261 e. The number of nitrogens with one attached hydrogen (secondary N) is 1. The Balaban J connectivity index is 1.88. The predicted octanol–water partition coefficient (Wildman–Crippen LogP) is 3.05. The van der Waals surface area contributed by atoms with Gasteiger partial charge >= 0.3 is 0 Å². The second-order valence-corrected chi connectivity index (χ2v) is 4.52. The molecule has 0 unspecified atom stereocenters. The summed E-state index contributed by atoms with van der Waals surface area (Å²) in [6, 6.07) is 11.6. The molecule has 1 amide bonds. The lowest BCUT2D eigenvalue weighted by Crippen LogP contribution is -2.36. The van der Waals surface area contributed by atoms with E-state index < -0.39 is 6.10 Å². The summed E-state index contributed by atoms with van der Waals surface area (Å²) in [4.78, 5) is 11.9. The number of hydrogen-bond donors (Lipinski definition) is 1. The molecule has 0 bridgehead atoms. The fourth-order valence-corrected chi connectivity index (χ4v) is 1.74. The zero-order valence-electron chi connectivity index (χ0n) is 11.5. The van der Waals surface area contributed by atoms with Crippen LogP contribution in [0.4, 0.5) is 8.78 Å². The Labute approximate surface area is 121 Å². The molecule has 1 atom stereocenters. The van der Waals surface area contributed by atoms with Crippen molar-refractivity contribution in [2.45, 2.75) is 19.6 Å². The van der Waals surface area contributed by atoms with Crippen LogP contribution in [0, 0.1) is 11.6 Å². The molecule has 0 spiro atoms. The maximum absolute atomic E-state index is 13.4. The van der Waals surface area contributed by atoms with Crippen LogP contribution in [0.3, 0.4) is 0 Å². The lowest BCUT2D eigenvalue weighted by Gasteiger charge is -2.15. The van der Waals surface area contributed by atoms with Crippen LogP contribution in [0.5, 0.6) is 5.75 Å². The van der Waals surface area contributed by atoms with E-state index in [1.165, 1.54) is 30.3 Å². The first-order valence-corrected chi connectivity index (χ1v) is 6.49. The van der Waals surface area contributed by atoms with Gasteiger partial charge in [0.1, 0.15) is 17.4 Å². The molecule has 0 fully saturated rings. The van der Waals surface area contributed by atoms with Gasteiger partial charge in [-0.3, -0.25) is 4.79 Å². The summed E-state index contributed by atoms with van der Waals surface area (Å²) in [5, 5.41) is 2.59. The van der Waals surface area contributed by atoms with Crippen LogP contribution in [-0.2, 0) is 11.3 Å². The molecule has 0 aliphatic heterocycles. The maximum Gasteiger partial charge on any atom is 0.261 e. The van der Waals surface area contributed by atoms with E-state index >= 15 is 0 Å². The summed E-state index contributed by atoms with van der Waals surface area (Å²) < 4.78 is 31.5. The quantitative estimate of drug-likeness (QED) is 0.919. The third-order valence-electron chi connectivity index (χ3n) is 2.91. The van der Waals surface area contributed by atoms with E-state index in [9.17, 15) is 13.6 Å². The fourth-order valence-electron chi connectivity index (χ4n) is 1.74. The lowest BCUT2D eigenvalue weighted by atomic mass is 10.2. The van der Waals surface area contributed by atoms with Gasteiger partial charge in [0, 0.05) is 12.1 Å². The van der Waals surface area contributed by atoms with Crippen molar-refractivity contribution in [3.63, 3.8) is 0 Å². The number of halogens is 2. The van der Waals surface area contributed by atoms with Crippen LogP contribution in [0.15, 0.2) is 48.5 Å². The number of benzene rings is 2. The third kappa shape index (κ3) is 4.27. The van der Waals surface area contributed by atoms with Gasteiger partial charge in [0.05, 0.1) is 0 Å². The minimum absolute atomic E-state index is 0.0859. The van der Waals surface area contributed by atoms with Gasteiger partial charge in [-0.2, -0.15) is 0 Å². The van der Waals surface area contributed by atoms with Gasteiger partial charge in [-0.15, -0.1) is 0 Å². The first-order valence-electron chi connectivity index (χ1n) is 6.49. The van der Waals surface area contributed by atoms with Crippen molar-refractivity contribution in [2.75, 3.05) is 0 Å². The van der Waals surface area contributed by atoms with Crippen LogP contribution < -0.4 is 10.1 Å². The lowest BCUT2D eigenvalue weighted by molar-refractivity contribution is -0.127. The highest BCUT2D eigenvalue weighted by Crippen LogP contribution is 2.13. The Kier molecular flexibility index (Phi) is 4.87. The van der Waals surface area contributed by atoms with E-state index in [0.717, 1.165) is 0 Å². The number of amides is 1. The van der Waals surface area contributed by atoms with Gasteiger partial charge in [0.2, 0.25) is 0 Å². The number of rotatable bonds is 5. The Bertz CT molecular complexity index is 614. The molecule has 2 aromatic carbocycles. The van der Waals surface area contributed by atoms with Gasteiger partial charge < -0.3 is 10.1 Å². The molecule has 110 valence electrons. The highest BCUT2D eigenvalue weighted by Gasteiger charge is 2.14. The number of hydrogen-bond acceptors (Lipinski definition) is 2. The zero-order valence-corrected chi connectivity index (χ0v) is 11.5. The molecule has 0 radical (unpaired) electrons. The number of carbonyl (C=O) groups is 1. The topological polar surface area (TPSA) is 38.3 Å². The average molecular weight is 291 g/mol. The second-order valence-electron chi connectivity index (χ2n) is 4.52. The summed E-state index contributed by atoms with van der Waals surface area (Å²) in [7, 11) is 0. The summed E-state index contributed by atoms with van der Waals surface area (Å²) >= 11 is 0. The van der Waals surface area contributed by atoms with Crippen LogP contribution in [0.2, 0.25) is 0 Å². The van der Waals surface area contributed by atoms with E-state index in [-0.39, 0.29) is 24.1 Å². The molecule has 21 heavy (non-hydrogen) atoms. The molecule has 0 saturated heterocycles. The second kappa shape index (κ2) is 6.83. The molecule has 2 rings (SSSR count). The van der Waals surface area contributed by atoms with E-state index in [2.05, 4.69) is 5.32 Å². The molecule has 3 nitrogen and oxygen atoms in total. The van der Waals surface area contributed by atoms with Crippen LogP contribution >= 0.6 is 0 Å². The summed E-state index contributed by atoms with van der Waals surface area (Å²) in [5.41, 5.74) is 0.403. The van der Waals surface area contributed by atoms with E-state index in [0.29, 0.717) is 11.3 Å². The summed E-state index contributed by atoms with van der Waals surface area (Å²) in [6.07, 6.45) is -0.762. The van der Waals surface area contributed by atoms with Gasteiger partial charge in [0.15, 0.2) is 6.10 Å². The monoisotopic (exact) mass is 291 g/mol. The highest BCUT2D eigenvalue weighted by molar-refractivity contribution is 5.80. The van der Waals surface area contributed by atoms with E-state index in [4.69, 9.17) is 4.74 Å². The molecule has 1 N–H and O–H groups in total. The molecular formula is C16H15F2NO2. The van der Waals surface area contributed by atoms with Crippen molar-refractivity contribution in [3.05, 3.63) is 65.7 Å². The third-order valence-corrected chi connectivity index (χ3v) is 2.91. The standard InChI is InChI=1S/C16H15F2NO2/c1-11(21-14-8-6-13(17)7-9-14)16(20)19-10-12-4-2-3-5-15(12)18/h2-9,11H,10H2,1H3,(H,19,20)/t11-/m1/s1. The normalized spacial score (nSPS) is 11.8.